The molecule has 0 radical (unpaired) electrons. The number of anilines is 1. The molecule has 0 saturated carbocycles. The van der Waals surface area contributed by atoms with Crippen molar-refractivity contribution in [2.75, 3.05) is 17.6 Å². The average molecular weight is 382 g/mol. The number of rotatable bonds is 7. The van der Waals surface area contributed by atoms with E-state index in [0.717, 1.165) is 27.9 Å². The predicted molar refractivity (Wildman–Crippen MR) is 110 cm³/mol. The first kappa shape index (κ1) is 20.5. The lowest BCUT2D eigenvalue weighted by molar-refractivity contribution is -0.122. The summed E-state index contributed by atoms with van der Waals surface area (Å²) in [6.07, 6.45) is 0. The molecule has 0 aliphatic rings. The molecule has 0 aliphatic carbocycles. The van der Waals surface area contributed by atoms with Crippen LogP contribution in [0.15, 0.2) is 36.4 Å². The summed E-state index contributed by atoms with van der Waals surface area (Å²) in [6, 6.07) is 13.4. The minimum Gasteiger partial charge on any atom is -0.346 e. The summed E-state index contributed by atoms with van der Waals surface area (Å²) in [7, 11) is 0. The van der Waals surface area contributed by atoms with Gasteiger partial charge in [-0.25, -0.2) is 0 Å². The molecule has 2 rings (SSSR count). The van der Waals surface area contributed by atoms with E-state index in [1.807, 2.05) is 45.0 Å². The molecule has 0 unspecified atom stereocenters. The first-order valence-electron chi connectivity index (χ1n) is 8.60. The molecule has 0 bridgehead atoms. The third kappa shape index (κ3) is 6.46. The van der Waals surface area contributed by atoms with Crippen molar-refractivity contribution >= 4 is 29.3 Å². The second-order valence-electron chi connectivity index (χ2n) is 6.40. The van der Waals surface area contributed by atoms with Crippen molar-refractivity contribution < 1.29 is 9.59 Å². The first-order valence-corrected chi connectivity index (χ1v) is 9.75. The van der Waals surface area contributed by atoms with Crippen molar-refractivity contribution in [2.45, 2.75) is 26.5 Å². The first-order chi connectivity index (χ1) is 12.9. The molecular weight excluding hydrogens is 358 g/mol. The Morgan fingerprint density at radius 1 is 1.04 bits per heavy atom. The fourth-order valence-electron chi connectivity index (χ4n) is 2.73. The van der Waals surface area contributed by atoms with Gasteiger partial charge in [-0.3, -0.25) is 9.59 Å². The summed E-state index contributed by atoms with van der Waals surface area (Å²) in [6.45, 7) is 5.87. The fourth-order valence-corrected chi connectivity index (χ4v) is 3.55. The van der Waals surface area contributed by atoms with E-state index in [-0.39, 0.29) is 24.1 Å². The molecule has 0 saturated heterocycles. The Hall–Kier alpha value is -2.78. The minimum absolute atomic E-state index is 0.0526. The van der Waals surface area contributed by atoms with Gasteiger partial charge in [-0.2, -0.15) is 5.26 Å². The number of carbonyl (C=O) groups excluding carboxylic acids is 2. The number of aryl methyl sites for hydroxylation is 3. The zero-order chi connectivity index (χ0) is 19.8. The van der Waals surface area contributed by atoms with E-state index in [1.54, 1.807) is 12.1 Å². The summed E-state index contributed by atoms with van der Waals surface area (Å²) in [5.74, 6) is 0.528. The van der Waals surface area contributed by atoms with Gasteiger partial charge in [0.25, 0.3) is 0 Å². The van der Waals surface area contributed by atoms with Gasteiger partial charge in [-0.1, -0.05) is 29.8 Å². The maximum absolute atomic E-state index is 12.1. The normalized spacial score (nSPS) is 10.1. The summed E-state index contributed by atoms with van der Waals surface area (Å²) >= 11 is 1.46. The van der Waals surface area contributed by atoms with Gasteiger partial charge in [0.15, 0.2) is 0 Å². The number of thioether (sulfide) groups is 1. The number of nitriles is 1. The molecule has 0 atom stereocenters. The van der Waals surface area contributed by atoms with Crippen LogP contribution in [0.2, 0.25) is 0 Å². The van der Waals surface area contributed by atoms with E-state index in [2.05, 4.69) is 16.7 Å². The molecule has 0 heterocycles. The molecule has 6 heteroatoms. The molecule has 2 aromatic rings. The van der Waals surface area contributed by atoms with Crippen LogP contribution in [0.3, 0.4) is 0 Å². The third-order valence-corrected chi connectivity index (χ3v) is 4.98. The standard InChI is InChI=1S/C21H23N3O2S/c1-14-8-15(2)21(16(3)9-14)24-19(25)11-23-20(26)13-27-12-18-6-4-17(10-22)5-7-18/h4-9H,11-13H2,1-3H3,(H,23,26)(H,24,25). The van der Waals surface area contributed by atoms with Crippen molar-refractivity contribution in [3.63, 3.8) is 0 Å². The van der Waals surface area contributed by atoms with E-state index in [4.69, 9.17) is 5.26 Å². The number of nitrogens with one attached hydrogen (secondary N) is 2. The smallest absolute Gasteiger partial charge is 0.243 e. The van der Waals surface area contributed by atoms with Crippen LogP contribution < -0.4 is 10.6 Å². The molecule has 0 spiro atoms. The topological polar surface area (TPSA) is 82.0 Å². The van der Waals surface area contributed by atoms with Crippen LogP contribution in [-0.2, 0) is 15.3 Å². The zero-order valence-electron chi connectivity index (χ0n) is 15.8. The maximum atomic E-state index is 12.1. The molecule has 0 aliphatic heterocycles. The van der Waals surface area contributed by atoms with Crippen LogP contribution >= 0.6 is 11.8 Å². The summed E-state index contributed by atoms with van der Waals surface area (Å²) in [5, 5.41) is 14.3. The van der Waals surface area contributed by atoms with Crippen molar-refractivity contribution in [2.24, 2.45) is 0 Å². The highest BCUT2D eigenvalue weighted by molar-refractivity contribution is 7.99. The van der Waals surface area contributed by atoms with Crippen molar-refractivity contribution in [3.8, 4) is 6.07 Å². The predicted octanol–water partition coefficient (Wildman–Crippen LogP) is 3.47. The van der Waals surface area contributed by atoms with Gasteiger partial charge < -0.3 is 10.6 Å². The second-order valence-corrected chi connectivity index (χ2v) is 7.39. The summed E-state index contributed by atoms with van der Waals surface area (Å²) in [4.78, 5) is 24.0. The molecule has 2 N–H and O–H groups in total. The monoisotopic (exact) mass is 381 g/mol. The van der Waals surface area contributed by atoms with Gasteiger partial charge in [-0.15, -0.1) is 11.8 Å². The Morgan fingerprint density at radius 3 is 2.26 bits per heavy atom. The Labute approximate surface area is 164 Å². The molecule has 140 valence electrons. The number of amides is 2. The molecule has 27 heavy (non-hydrogen) atoms. The van der Waals surface area contributed by atoms with Crippen LogP contribution in [-0.4, -0.2) is 24.1 Å². The number of hydrogen-bond acceptors (Lipinski definition) is 4. The Balaban J connectivity index is 1.73. The third-order valence-electron chi connectivity index (χ3n) is 3.97. The van der Waals surface area contributed by atoms with Crippen LogP contribution in [0.4, 0.5) is 5.69 Å². The summed E-state index contributed by atoms with van der Waals surface area (Å²) in [5.41, 5.74) is 5.63. The van der Waals surface area contributed by atoms with Crippen LogP contribution in [0.5, 0.6) is 0 Å². The van der Waals surface area contributed by atoms with E-state index in [0.29, 0.717) is 11.3 Å². The maximum Gasteiger partial charge on any atom is 0.243 e. The van der Waals surface area contributed by atoms with E-state index in [1.165, 1.54) is 11.8 Å². The molecule has 5 nitrogen and oxygen atoms in total. The molecule has 0 aromatic heterocycles. The Kier molecular flexibility index (Phi) is 7.44. The molecule has 2 aromatic carbocycles. The number of hydrogen-bond donors (Lipinski definition) is 2. The van der Waals surface area contributed by atoms with Crippen molar-refractivity contribution in [3.05, 3.63) is 64.2 Å². The Bertz CT molecular complexity index is 847. The largest absolute Gasteiger partial charge is 0.346 e. The van der Waals surface area contributed by atoms with Crippen LogP contribution in [0.25, 0.3) is 0 Å². The van der Waals surface area contributed by atoms with Gasteiger partial charge in [-0.05, 0) is 49.6 Å². The van der Waals surface area contributed by atoms with E-state index >= 15 is 0 Å². The van der Waals surface area contributed by atoms with Gasteiger partial charge in [0.2, 0.25) is 11.8 Å². The number of carbonyl (C=O) groups is 2. The molecule has 0 fully saturated rings. The van der Waals surface area contributed by atoms with Crippen LogP contribution in [0, 0.1) is 32.1 Å². The van der Waals surface area contributed by atoms with E-state index in [9.17, 15) is 9.59 Å². The van der Waals surface area contributed by atoms with Crippen LogP contribution in [0.1, 0.15) is 27.8 Å². The molecule has 2 amide bonds. The van der Waals surface area contributed by atoms with Crippen molar-refractivity contribution in [1.29, 1.82) is 5.26 Å². The SMILES string of the molecule is Cc1cc(C)c(NC(=O)CNC(=O)CSCc2ccc(C#N)cc2)c(C)c1. The molecular formula is C21H23N3O2S. The highest BCUT2D eigenvalue weighted by Crippen LogP contribution is 2.21. The fraction of sp³-hybridized carbons (Fsp3) is 0.286. The van der Waals surface area contributed by atoms with Gasteiger partial charge in [0.1, 0.15) is 0 Å². The van der Waals surface area contributed by atoms with Gasteiger partial charge >= 0.3 is 0 Å². The minimum atomic E-state index is -0.240. The lowest BCUT2D eigenvalue weighted by atomic mass is 10.1. The van der Waals surface area contributed by atoms with Gasteiger partial charge in [0.05, 0.1) is 23.9 Å². The highest BCUT2D eigenvalue weighted by atomic mass is 32.2. The summed E-state index contributed by atoms with van der Waals surface area (Å²) < 4.78 is 0. The second kappa shape index (κ2) is 9.79. The number of nitrogens with zero attached hydrogens (tertiary/aromatic N) is 1. The van der Waals surface area contributed by atoms with Gasteiger partial charge in [0, 0.05) is 11.4 Å². The Morgan fingerprint density at radius 2 is 1.67 bits per heavy atom. The number of benzene rings is 2. The highest BCUT2D eigenvalue weighted by Gasteiger charge is 2.10. The lowest BCUT2D eigenvalue weighted by Gasteiger charge is -2.13. The van der Waals surface area contributed by atoms with Crippen molar-refractivity contribution in [1.82, 2.24) is 5.32 Å². The average Bonchev–Trinajstić information content (AvgIpc) is 2.63. The zero-order valence-corrected chi connectivity index (χ0v) is 16.6. The quantitative estimate of drug-likeness (QED) is 0.769. The van der Waals surface area contributed by atoms with E-state index < -0.39 is 0 Å². The lowest BCUT2D eigenvalue weighted by Crippen LogP contribution is -2.34.